The molecule has 0 aliphatic rings. The number of alkyl halides is 3. The lowest BCUT2D eigenvalue weighted by Crippen LogP contribution is -2.37. The maximum atomic E-state index is 12.7. The van der Waals surface area contributed by atoms with E-state index in [4.69, 9.17) is 4.42 Å². The number of furan rings is 1. The Labute approximate surface area is 144 Å². The number of rotatable bonds is 6. The highest BCUT2D eigenvalue weighted by Crippen LogP contribution is 2.19. The van der Waals surface area contributed by atoms with Crippen LogP contribution < -0.4 is 0 Å². The SMILES string of the molecule is CC(C)c1ccc(/C=C/C(=O)N(Cc2ccco2)CC(F)(F)F)cc1. The standard InChI is InChI=1S/C19H20F3NO2/c1-14(2)16-8-5-15(6-9-16)7-10-18(24)23(13-19(20,21)22)12-17-4-3-11-25-17/h3-11,14H,12-13H2,1-2H3/b10-7+. The summed E-state index contributed by atoms with van der Waals surface area (Å²) in [5.41, 5.74) is 1.91. The fraction of sp³-hybridized carbons (Fsp3) is 0.316. The Bertz CT molecular complexity index is 701. The normalized spacial score (nSPS) is 12.1. The van der Waals surface area contributed by atoms with Gasteiger partial charge in [-0.05, 0) is 35.3 Å². The molecule has 0 spiro atoms. The first kappa shape index (κ1) is 18.8. The van der Waals surface area contributed by atoms with E-state index in [0.29, 0.717) is 16.6 Å². The van der Waals surface area contributed by atoms with Crippen molar-refractivity contribution in [2.75, 3.05) is 6.54 Å². The summed E-state index contributed by atoms with van der Waals surface area (Å²) in [6.45, 7) is 2.57. The summed E-state index contributed by atoms with van der Waals surface area (Å²) in [7, 11) is 0. The minimum absolute atomic E-state index is 0.234. The number of carbonyl (C=O) groups excluding carboxylic acids is 1. The Morgan fingerprint density at radius 2 is 1.88 bits per heavy atom. The third kappa shape index (κ3) is 6.14. The molecule has 1 amide bonds. The summed E-state index contributed by atoms with van der Waals surface area (Å²) in [6.07, 6.45) is -0.455. The van der Waals surface area contributed by atoms with Gasteiger partial charge in [0.2, 0.25) is 5.91 Å². The molecule has 0 N–H and O–H groups in total. The van der Waals surface area contributed by atoms with Crippen LogP contribution in [0.5, 0.6) is 0 Å². The summed E-state index contributed by atoms with van der Waals surface area (Å²) >= 11 is 0. The largest absolute Gasteiger partial charge is 0.467 e. The zero-order chi connectivity index (χ0) is 18.4. The molecule has 134 valence electrons. The maximum absolute atomic E-state index is 12.7. The van der Waals surface area contributed by atoms with E-state index in [2.05, 4.69) is 13.8 Å². The minimum atomic E-state index is -4.48. The molecule has 0 bridgehead atoms. The molecule has 6 heteroatoms. The fourth-order valence-corrected chi connectivity index (χ4v) is 2.28. The molecule has 0 fully saturated rings. The summed E-state index contributed by atoms with van der Waals surface area (Å²) in [5, 5.41) is 0. The third-order valence-corrected chi connectivity index (χ3v) is 3.63. The van der Waals surface area contributed by atoms with Gasteiger partial charge in [0.25, 0.3) is 0 Å². The lowest BCUT2D eigenvalue weighted by atomic mass is 10.0. The van der Waals surface area contributed by atoms with Gasteiger partial charge in [-0.25, -0.2) is 0 Å². The van der Waals surface area contributed by atoms with Gasteiger partial charge in [-0.2, -0.15) is 13.2 Å². The van der Waals surface area contributed by atoms with Crippen LogP contribution in [0, 0.1) is 0 Å². The van der Waals surface area contributed by atoms with Crippen molar-refractivity contribution in [3.63, 3.8) is 0 Å². The number of hydrogen-bond acceptors (Lipinski definition) is 2. The van der Waals surface area contributed by atoms with Crippen molar-refractivity contribution in [2.24, 2.45) is 0 Å². The average molecular weight is 351 g/mol. The molecule has 0 radical (unpaired) electrons. The Balaban J connectivity index is 2.09. The second kappa shape index (κ2) is 8.05. The van der Waals surface area contributed by atoms with E-state index in [1.807, 2.05) is 24.3 Å². The zero-order valence-electron chi connectivity index (χ0n) is 14.1. The lowest BCUT2D eigenvalue weighted by Gasteiger charge is -2.21. The molecule has 1 heterocycles. The summed E-state index contributed by atoms with van der Waals surface area (Å²) in [4.78, 5) is 12.9. The van der Waals surface area contributed by atoms with Gasteiger partial charge in [-0.3, -0.25) is 4.79 Å². The smallest absolute Gasteiger partial charge is 0.406 e. The number of benzene rings is 1. The van der Waals surface area contributed by atoms with Crippen LogP contribution in [-0.2, 0) is 11.3 Å². The zero-order valence-corrected chi connectivity index (χ0v) is 14.1. The molecule has 3 nitrogen and oxygen atoms in total. The van der Waals surface area contributed by atoms with Crippen molar-refractivity contribution in [2.45, 2.75) is 32.5 Å². The Morgan fingerprint density at radius 3 is 2.40 bits per heavy atom. The van der Waals surface area contributed by atoms with E-state index in [9.17, 15) is 18.0 Å². The fourth-order valence-electron chi connectivity index (χ4n) is 2.28. The van der Waals surface area contributed by atoms with Gasteiger partial charge in [0.05, 0.1) is 12.8 Å². The molecule has 1 aromatic heterocycles. The number of carbonyl (C=O) groups is 1. The van der Waals surface area contributed by atoms with Crippen LogP contribution >= 0.6 is 0 Å². The van der Waals surface area contributed by atoms with Gasteiger partial charge < -0.3 is 9.32 Å². The van der Waals surface area contributed by atoms with Crippen molar-refractivity contribution in [3.8, 4) is 0 Å². The van der Waals surface area contributed by atoms with E-state index < -0.39 is 18.6 Å². The van der Waals surface area contributed by atoms with E-state index in [1.54, 1.807) is 6.07 Å². The summed E-state index contributed by atoms with van der Waals surface area (Å²) in [6, 6.07) is 10.6. The number of halogens is 3. The quantitative estimate of drug-likeness (QED) is 0.686. The van der Waals surface area contributed by atoms with Crippen LogP contribution in [0.3, 0.4) is 0 Å². The van der Waals surface area contributed by atoms with Crippen molar-refractivity contribution in [3.05, 3.63) is 65.6 Å². The molecular weight excluding hydrogens is 331 g/mol. The molecule has 1 aromatic carbocycles. The van der Waals surface area contributed by atoms with Crippen LogP contribution in [-0.4, -0.2) is 23.5 Å². The van der Waals surface area contributed by atoms with Gasteiger partial charge in [0.15, 0.2) is 0 Å². The highest BCUT2D eigenvalue weighted by atomic mass is 19.4. The van der Waals surface area contributed by atoms with Gasteiger partial charge in [-0.1, -0.05) is 38.1 Å². The van der Waals surface area contributed by atoms with Gasteiger partial charge in [0.1, 0.15) is 12.3 Å². The first-order valence-electron chi connectivity index (χ1n) is 7.90. The third-order valence-electron chi connectivity index (χ3n) is 3.63. The molecule has 0 saturated heterocycles. The Morgan fingerprint density at radius 1 is 1.20 bits per heavy atom. The van der Waals surface area contributed by atoms with Gasteiger partial charge >= 0.3 is 6.18 Å². The van der Waals surface area contributed by atoms with Gasteiger partial charge in [-0.15, -0.1) is 0 Å². The Kier molecular flexibility index (Phi) is 6.07. The topological polar surface area (TPSA) is 33.5 Å². The van der Waals surface area contributed by atoms with Crippen LogP contribution in [0.15, 0.2) is 53.2 Å². The van der Waals surface area contributed by atoms with Crippen molar-refractivity contribution >= 4 is 12.0 Å². The first-order chi connectivity index (χ1) is 11.7. The monoisotopic (exact) mass is 351 g/mol. The summed E-state index contributed by atoms with van der Waals surface area (Å²) < 4.78 is 43.2. The maximum Gasteiger partial charge on any atom is 0.406 e. The highest BCUT2D eigenvalue weighted by molar-refractivity contribution is 5.91. The minimum Gasteiger partial charge on any atom is -0.467 e. The predicted molar refractivity (Wildman–Crippen MR) is 89.7 cm³/mol. The second-order valence-electron chi connectivity index (χ2n) is 6.04. The van der Waals surface area contributed by atoms with Crippen LogP contribution in [0.25, 0.3) is 6.08 Å². The second-order valence-corrected chi connectivity index (χ2v) is 6.04. The van der Waals surface area contributed by atoms with E-state index in [-0.39, 0.29) is 6.54 Å². The lowest BCUT2D eigenvalue weighted by molar-refractivity contribution is -0.159. The molecule has 0 atom stereocenters. The van der Waals surface area contributed by atoms with Crippen molar-refractivity contribution in [1.82, 2.24) is 4.90 Å². The van der Waals surface area contributed by atoms with Crippen molar-refractivity contribution < 1.29 is 22.4 Å². The van der Waals surface area contributed by atoms with E-state index in [1.165, 1.54) is 18.4 Å². The number of nitrogens with zero attached hydrogens (tertiary/aromatic N) is 1. The molecule has 2 aromatic rings. The van der Waals surface area contributed by atoms with Crippen LogP contribution in [0.4, 0.5) is 13.2 Å². The van der Waals surface area contributed by atoms with E-state index >= 15 is 0 Å². The Hall–Kier alpha value is -2.50. The number of amides is 1. The molecule has 2 rings (SSSR count). The van der Waals surface area contributed by atoms with Crippen molar-refractivity contribution in [1.29, 1.82) is 0 Å². The van der Waals surface area contributed by atoms with E-state index in [0.717, 1.165) is 17.2 Å². The average Bonchev–Trinajstić information content (AvgIpc) is 3.04. The molecule has 0 saturated carbocycles. The molecule has 0 unspecified atom stereocenters. The molecular formula is C19H20F3NO2. The summed E-state index contributed by atoms with van der Waals surface area (Å²) in [5.74, 6) is -0.0378. The number of hydrogen-bond donors (Lipinski definition) is 0. The highest BCUT2D eigenvalue weighted by Gasteiger charge is 2.32. The van der Waals surface area contributed by atoms with Gasteiger partial charge in [0, 0.05) is 6.08 Å². The predicted octanol–water partition coefficient (Wildman–Crippen LogP) is 5.01. The van der Waals surface area contributed by atoms with Crippen LogP contribution in [0.1, 0.15) is 36.7 Å². The molecule has 25 heavy (non-hydrogen) atoms. The molecule has 0 aliphatic heterocycles. The molecule has 0 aliphatic carbocycles. The van der Waals surface area contributed by atoms with Crippen LogP contribution in [0.2, 0.25) is 0 Å². The first-order valence-corrected chi connectivity index (χ1v) is 7.90.